The van der Waals surface area contributed by atoms with Crippen LogP contribution in [-0.4, -0.2) is 39.0 Å². The van der Waals surface area contributed by atoms with Gasteiger partial charge in [-0.05, 0) is 19.3 Å². The summed E-state index contributed by atoms with van der Waals surface area (Å²) in [5.41, 5.74) is 0.831. The molecule has 0 bridgehead atoms. The Kier molecular flexibility index (Phi) is 5.83. The predicted molar refractivity (Wildman–Crippen MR) is 63.9 cm³/mol. The number of amides is 1. The van der Waals surface area contributed by atoms with Crippen molar-refractivity contribution in [3.63, 3.8) is 0 Å². The minimum atomic E-state index is -0.774. The van der Waals surface area contributed by atoms with Gasteiger partial charge in [-0.15, -0.1) is 5.10 Å². The third-order valence-electron chi connectivity index (χ3n) is 2.51. The van der Waals surface area contributed by atoms with Gasteiger partial charge in [-0.1, -0.05) is 5.21 Å². The van der Waals surface area contributed by atoms with Gasteiger partial charge >= 0.3 is 5.97 Å². The fraction of sp³-hybridized carbons (Fsp3) is 0.636. The first-order valence-corrected chi connectivity index (χ1v) is 5.93. The van der Waals surface area contributed by atoms with Crippen LogP contribution in [0.15, 0.2) is 6.20 Å². The van der Waals surface area contributed by atoms with Crippen LogP contribution in [0.5, 0.6) is 0 Å². The van der Waals surface area contributed by atoms with Gasteiger partial charge in [-0.3, -0.25) is 14.3 Å². The molecule has 0 saturated carbocycles. The van der Waals surface area contributed by atoms with E-state index >= 15 is 0 Å². The van der Waals surface area contributed by atoms with Gasteiger partial charge in [0.05, 0.1) is 12.2 Å². The summed E-state index contributed by atoms with van der Waals surface area (Å²) in [6, 6.07) is 0. The molecule has 0 aliphatic rings. The van der Waals surface area contributed by atoms with Crippen LogP contribution < -0.4 is 5.32 Å². The SMILES string of the molecule is CNC(=O)CCn1cc(CCCCC(=O)O)nn1. The summed E-state index contributed by atoms with van der Waals surface area (Å²) in [6.45, 7) is 0.502. The zero-order valence-electron chi connectivity index (χ0n) is 10.4. The highest BCUT2D eigenvalue weighted by molar-refractivity contribution is 5.75. The van der Waals surface area contributed by atoms with Gasteiger partial charge in [-0.2, -0.15) is 0 Å². The molecule has 0 aliphatic heterocycles. The Bertz CT molecular complexity index is 403. The quantitative estimate of drug-likeness (QED) is 0.646. The second kappa shape index (κ2) is 7.41. The summed E-state index contributed by atoms with van der Waals surface area (Å²) in [7, 11) is 1.59. The maximum Gasteiger partial charge on any atom is 0.303 e. The molecular formula is C11H18N4O3. The molecule has 0 aliphatic carbocycles. The average Bonchev–Trinajstić information content (AvgIpc) is 2.79. The highest BCUT2D eigenvalue weighted by Crippen LogP contribution is 2.03. The van der Waals surface area contributed by atoms with E-state index < -0.39 is 5.97 Å². The monoisotopic (exact) mass is 254 g/mol. The van der Waals surface area contributed by atoms with E-state index in [-0.39, 0.29) is 12.3 Å². The van der Waals surface area contributed by atoms with Crippen LogP contribution in [0.25, 0.3) is 0 Å². The molecule has 0 aromatic carbocycles. The maximum atomic E-state index is 11.0. The van der Waals surface area contributed by atoms with E-state index in [4.69, 9.17) is 5.11 Å². The summed E-state index contributed by atoms with van der Waals surface area (Å²) < 4.78 is 1.63. The Morgan fingerprint density at radius 3 is 2.83 bits per heavy atom. The number of aliphatic carboxylic acids is 1. The third kappa shape index (κ3) is 5.42. The largest absolute Gasteiger partial charge is 0.481 e. The molecule has 0 atom stereocenters. The Balaban J connectivity index is 2.25. The lowest BCUT2D eigenvalue weighted by molar-refractivity contribution is -0.137. The summed E-state index contributed by atoms with van der Waals surface area (Å²) in [4.78, 5) is 21.4. The molecule has 0 unspecified atom stereocenters. The smallest absolute Gasteiger partial charge is 0.303 e. The number of nitrogens with one attached hydrogen (secondary N) is 1. The van der Waals surface area contributed by atoms with Crippen molar-refractivity contribution in [2.24, 2.45) is 0 Å². The van der Waals surface area contributed by atoms with Crippen LogP contribution in [0.2, 0.25) is 0 Å². The fourth-order valence-corrected chi connectivity index (χ4v) is 1.49. The van der Waals surface area contributed by atoms with Gasteiger partial charge in [0.15, 0.2) is 0 Å². The third-order valence-corrected chi connectivity index (χ3v) is 2.51. The van der Waals surface area contributed by atoms with Gasteiger partial charge in [0, 0.05) is 26.1 Å². The minimum absolute atomic E-state index is 0.0338. The van der Waals surface area contributed by atoms with Gasteiger partial charge in [0.2, 0.25) is 5.91 Å². The van der Waals surface area contributed by atoms with Crippen molar-refractivity contribution in [2.75, 3.05) is 7.05 Å². The zero-order valence-corrected chi connectivity index (χ0v) is 10.4. The molecule has 1 heterocycles. The van der Waals surface area contributed by atoms with E-state index in [0.717, 1.165) is 12.1 Å². The number of rotatable bonds is 8. The number of unbranched alkanes of at least 4 members (excludes halogenated alkanes) is 1. The van der Waals surface area contributed by atoms with E-state index in [2.05, 4.69) is 15.6 Å². The lowest BCUT2D eigenvalue weighted by Gasteiger charge is -1.98. The van der Waals surface area contributed by atoms with Gasteiger partial charge < -0.3 is 10.4 Å². The highest BCUT2D eigenvalue weighted by atomic mass is 16.4. The molecule has 100 valence electrons. The molecule has 1 aromatic heterocycles. The summed E-state index contributed by atoms with van der Waals surface area (Å²) in [5.74, 6) is -0.808. The van der Waals surface area contributed by atoms with Crippen LogP contribution in [0, 0.1) is 0 Å². The van der Waals surface area contributed by atoms with Crippen molar-refractivity contribution in [1.82, 2.24) is 20.3 Å². The molecule has 1 rings (SSSR count). The Labute approximate surface area is 105 Å². The number of carbonyl (C=O) groups excluding carboxylic acids is 1. The Hall–Kier alpha value is -1.92. The molecular weight excluding hydrogens is 236 g/mol. The average molecular weight is 254 g/mol. The lowest BCUT2D eigenvalue weighted by Crippen LogP contribution is -2.19. The molecule has 0 saturated heterocycles. The summed E-state index contributed by atoms with van der Waals surface area (Å²) in [5, 5.41) is 18.9. The summed E-state index contributed by atoms with van der Waals surface area (Å²) in [6.07, 6.45) is 4.49. The van der Waals surface area contributed by atoms with Crippen LogP contribution in [0.4, 0.5) is 0 Å². The molecule has 0 spiro atoms. The number of carbonyl (C=O) groups is 2. The molecule has 7 heteroatoms. The van der Waals surface area contributed by atoms with Crippen molar-refractivity contribution < 1.29 is 14.7 Å². The van der Waals surface area contributed by atoms with E-state index in [1.165, 1.54) is 0 Å². The van der Waals surface area contributed by atoms with Crippen molar-refractivity contribution in [1.29, 1.82) is 0 Å². The highest BCUT2D eigenvalue weighted by Gasteiger charge is 2.04. The first kappa shape index (κ1) is 14.1. The first-order valence-electron chi connectivity index (χ1n) is 5.93. The Morgan fingerprint density at radius 2 is 2.17 bits per heavy atom. The number of nitrogens with zero attached hydrogens (tertiary/aromatic N) is 3. The van der Waals surface area contributed by atoms with Crippen molar-refractivity contribution in [3.8, 4) is 0 Å². The standard InChI is InChI=1S/C11H18N4O3/c1-12-10(16)6-7-15-8-9(13-14-15)4-2-3-5-11(17)18/h8H,2-7H2,1H3,(H,12,16)(H,17,18). The van der Waals surface area contributed by atoms with E-state index in [9.17, 15) is 9.59 Å². The topological polar surface area (TPSA) is 97.1 Å². The number of hydrogen-bond acceptors (Lipinski definition) is 4. The van der Waals surface area contributed by atoms with Crippen LogP contribution >= 0.6 is 0 Å². The van der Waals surface area contributed by atoms with Gasteiger partial charge in [0.1, 0.15) is 0 Å². The minimum Gasteiger partial charge on any atom is -0.481 e. The predicted octanol–water partition coefficient (Wildman–Crippen LogP) is 0.212. The van der Waals surface area contributed by atoms with Gasteiger partial charge in [0.25, 0.3) is 0 Å². The molecule has 1 amide bonds. The van der Waals surface area contributed by atoms with Crippen molar-refractivity contribution >= 4 is 11.9 Å². The van der Waals surface area contributed by atoms with E-state index in [0.29, 0.717) is 25.8 Å². The first-order chi connectivity index (χ1) is 8.61. The van der Waals surface area contributed by atoms with E-state index in [1.807, 2.05) is 0 Å². The van der Waals surface area contributed by atoms with Crippen molar-refractivity contribution in [2.45, 2.75) is 38.6 Å². The second-order valence-electron chi connectivity index (χ2n) is 4.00. The van der Waals surface area contributed by atoms with E-state index in [1.54, 1.807) is 17.9 Å². The van der Waals surface area contributed by atoms with Crippen LogP contribution in [0.3, 0.4) is 0 Å². The molecule has 0 fully saturated rings. The second-order valence-corrected chi connectivity index (χ2v) is 4.00. The molecule has 0 radical (unpaired) electrons. The zero-order chi connectivity index (χ0) is 13.4. The normalized spacial score (nSPS) is 10.3. The molecule has 2 N–H and O–H groups in total. The number of carboxylic acid groups (broad SMARTS) is 1. The molecule has 1 aromatic rings. The van der Waals surface area contributed by atoms with Crippen LogP contribution in [0.1, 0.15) is 31.4 Å². The summed E-state index contributed by atoms with van der Waals surface area (Å²) >= 11 is 0. The lowest BCUT2D eigenvalue weighted by atomic mass is 10.1. The number of hydrogen-bond donors (Lipinski definition) is 2. The Morgan fingerprint density at radius 1 is 1.39 bits per heavy atom. The van der Waals surface area contributed by atoms with Crippen molar-refractivity contribution in [3.05, 3.63) is 11.9 Å². The number of aromatic nitrogens is 3. The molecule has 18 heavy (non-hydrogen) atoms. The maximum absolute atomic E-state index is 11.0. The fourth-order valence-electron chi connectivity index (χ4n) is 1.49. The van der Waals surface area contributed by atoms with Gasteiger partial charge in [-0.25, -0.2) is 0 Å². The van der Waals surface area contributed by atoms with Crippen LogP contribution in [-0.2, 0) is 22.6 Å². The molecule has 7 nitrogen and oxygen atoms in total. The number of carboxylic acids is 1. The number of aryl methyl sites for hydroxylation is 2.